The van der Waals surface area contributed by atoms with Crippen LogP contribution in [0.5, 0.6) is 5.75 Å². The van der Waals surface area contributed by atoms with Crippen LogP contribution in [-0.2, 0) is 9.59 Å². The van der Waals surface area contributed by atoms with Gasteiger partial charge >= 0.3 is 6.03 Å². The molecule has 0 saturated carbocycles. The largest absolute Gasteiger partial charge is 0.493 e. The summed E-state index contributed by atoms with van der Waals surface area (Å²) in [6, 6.07) is 6.41. The van der Waals surface area contributed by atoms with Gasteiger partial charge in [0.2, 0.25) is 5.91 Å². The van der Waals surface area contributed by atoms with E-state index in [-0.39, 0.29) is 30.7 Å². The molecule has 7 nitrogen and oxygen atoms in total. The molecule has 0 bridgehead atoms. The fraction of sp³-hybridized carbons (Fsp3) is 0.400. The summed E-state index contributed by atoms with van der Waals surface area (Å²) in [4.78, 5) is 34.5. The number of benzene rings is 1. The number of rotatable bonds is 4. The molecule has 1 saturated heterocycles. The smallest absolute Gasteiger partial charge is 0.322 e. The zero-order valence-corrected chi connectivity index (χ0v) is 11.9. The molecule has 2 aliphatic heterocycles. The maximum atomic E-state index is 12.1. The maximum Gasteiger partial charge on any atom is 0.322 e. The number of hydrogen-bond acceptors (Lipinski definition) is 4. The van der Waals surface area contributed by atoms with Gasteiger partial charge in [0.05, 0.1) is 12.6 Å². The van der Waals surface area contributed by atoms with Gasteiger partial charge in [0, 0.05) is 18.4 Å². The molecule has 3 N–H and O–H groups in total. The maximum absolute atomic E-state index is 12.1. The van der Waals surface area contributed by atoms with E-state index in [2.05, 4.69) is 16.0 Å². The van der Waals surface area contributed by atoms with Crippen LogP contribution in [0.4, 0.5) is 4.79 Å². The van der Waals surface area contributed by atoms with Crippen LogP contribution in [0.15, 0.2) is 24.3 Å². The number of imide groups is 1. The summed E-state index contributed by atoms with van der Waals surface area (Å²) in [5.74, 6) is 0.270. The molecule has 0 aliphatic carbocycles. The zero-order chi connectivity index (χ0) is 15.5. The molecule has 2 atom stereocenters. The van der Waals surface area contributed by atoms with E-state index >= 15 is 0 Å². The lowest BCUT2D eigenvalue weighted by atomic mass is 10.00. The Bertz CT molecular complexity index is 617. The summed E-state index contributed by atoms with van der Waals surface area (Å²) >= 11 is 0. The first kappa shape index (κ1) is 14.4. The summed E-state index contributed by atoms with van der Waals surface area (Å²) in [6.45, 7) is 0.559. The Balaban J connectivity index is 1.54. The van der Waals surface area contributed by atoms with Crippen molar-refractivity contribution in [3.8, 4) is 5.75 Å². The van der Waals surface area contributed by atoms with Gasteiger partial charge in [-0.05, 0) is 12.5 Å². The van der Waals surface area contributed by atoms with Crippen LogP contribution >= 0.6 is 0 Å². The zero-order valence-electron chi connectivity index (χ0n) is 11.9. The highest BCUT2D eigenvalue weighted by Crippen LogP contribution is 2.31. The second-order valence-electron chi connectivity index (χ2n) is 5.35. The number of ether oxygens (including phenoxy) is 1. The van der Waals surface area contributed by atoms with Gasteiger partial charge in [-0.2, -0.15) is 0 Å². The average Bonchev–Trinajstić information content (AvgIpc) is 2.83. The lowest BCUT2D eigenvalue weighted by Crippen LogP contribution is -2.34. The number of urea groups is 1. The quantitative estimate of drug-likeness (QED) is 0.710. The first-order valence-corrected chi connectivity index (χ1v) is 7.26. The van der Waals surface area contributed by atoms with Crippen molar-refractivity contribution in [3.63, 3.8) is 0 Å². The van der Waals surface area contributed by atoms with Crippen molar-refractivity contribution in [2.45, 2.75) is 31.3 Å². The number of amides is 4. The summed E-state index contributed by atoms with van der Waals surface area (Å²) in [5, 5.41) is 7.59. The highest BCUT2D eigenvalue weighted by molar-refractivity contribution is 6.04. The Kier molecular flexibility index (Phi) is 3.95. The third kappa shape index (κ3) is 3.03. The molecule has 0 aromatic heterocycles. The first-order valence-electron chi connectivity index (χ1n) is 7.26. The van der Waals surface area contributed by atoms with Gasteiger partial charge in [-0.1, -0.05) is 18.2 Å². The SMILES string of the molecule is O=C(CC[C@H]1NC(=O)NC1=O)N[C@H]1CCOc2ccccc21. The Hall–Kier alpha value is -2.57. The minimum absolute atomic E-state index is 0.0792. The van der Waals surface area contributed by atoms with Crippen LogP contribution < -0.4 is 20.7 Å². The van der Waals surface area contributed by atoms with E-state index in [1.165, 1.54) is 0 Å². The number of para-hydroxylation sites is 1. The lowest BCUT2D eigenvalue weighted by molar-refractivity contribution is -0.122. The van der Waals surface area contributed by atoms with Crippen molar-refractivity contribution in [1.82, 2.24) is 16.0 Å². The van der Waals surface area contributed by atoms with Gasteiger partial charge < -0.3 is 15.4 Å². The summed E-state index contributed by atoms with van der Waals surface area (Å²) in [6.07, 6.45) is 1.18. The molecule has 1 fully saturated rings. The molecule has 116 valence electrons. The van der Waals surface area contributed by atoms with Crippen LogP contribution in [0.3, 0.4) is 0 Å². The van der Waals surface area contributed by atoms with Crippen LogP contribution in [-0.4, -0.2) is 30.5 Å². The van der Waals surface area contributed by atoms with Crippen LogP contribution in [0.25, 0.3) is 0 Å². The van der Waals surface area contributed by atoms with Crippen LogP contribution in [0.2, 0.25) is 0 Å². The Morgan fingerprint density at radius 1 is 1.32 bits per heavy atom. The minimum atomic E-state index is -0.625. The summed E-state index contributed by atoms with van der Waals surface area (Å²) in [7, 11) is 0. The molecule has 1 aromatic carbocycles. The highest BCUT2D eigenvalue weighted by Gasteiger charge is 2.30. The Morgan fingerprint density at radius 2 is 2.14 bits per heavy atom. The van der Waals surface area contributed by atoms with Gasteiger partial charge in [-0.3, -0.25) is 14.9 Å². The molecule has 22 heavy (non-hydrogen) atoms. The monoisotopic (exact) mass is 303 g/mol. The van der Waals surface area contributed by atoms with E-state index < -0.39 is 12.1 Å². The van der Waals surface area contributed by atoms with E-state index in [9.17, 15) is 14.4 Å². The number of fused-ring (bicyclic) bond motifs is 1. The molecule has 1 aromatic rings. The molecule has 4 amide bonds. The van der Waals surface area contributed by atoms with E-state index in [4.69, 9.17) is 4.74 Å². The number of nitrogens with one attached hydrogen (secondary N) is 3. The minimum Gasteiger partial charge on any atom is -0.493 e. The van der Waals surface area contributed by atoms with Gasteiger partial charge in [-0.15, -0.1) is 0 Å². The predicted octanol–water partition coefficient (Wildman–Crippen LogP) is 0.615. The van der Waals surface area contributed by atoms with Gasteiger partial charge in [0.1, 0.15) is 11.8 Å². The third-order valence-corrected chi connectivity index (χ3v) is 3.81. The van der Waals surface area contributed by atoms with Crippen molar-refractivity contribution < 1.29 is 19.1 Å². The van der Waals surface area contributed by atoms with Crippen molar-refractivity contribution in [1.29, 1.82) is 0 Å². The molecule has 2 heterocycles. The van der Waals surface area contributed by atoms with E-state index in [1.54, 1.807) is 0 Å². The molecular weight excluding hydrogens is 286 g/mol. The van der Waals surface area contributed by atoms with Crippen LogP contribution in [0, 0.1) is 0 Å². The molecule has 0 unspecified atom stereocenters. The fourth-order valence-electron chi connectivity index (χ4n) is 2.70. The summed E-state index contributed by atoms with van der Waals surface area (Å²) in [5.41, 5.74) is 0.967. The topological polar surface area (TPSA) is 96.5 Å². The molecular formula is C15H17N3O4. The molecule has 0 spiro atoms. The van der Waals surface area contributed by atoms with Crippen LogP contribution in [0.1, 0.15) is 30.9 Å². The Morgan fingerprint density at radius 3 is 2.91 bits per heavy atom. The van der Waals surface area contributed by atoms with Crippen molar-refractivity contribution >= 4 is 17.8 Å². The van der Waals surface area contributed by atoms with Gasteiger partial charge in [0.15, 0.2) is 0 Å². The van der Waals surface area contributed by atoms with E-state index in [0.29, 0.717) is 13.0 Å². The van der Waals surface area contributed by atoms with Gasteiger partial charge in [0.25, 0.3) is 5.91 Å². The molecule has 3 rings (SSSR count). The normalized spacial score (nSPS) is 23.1. The van der Waals surface area contributed by atoms with E-state index in [0.717, 1.165) is 11.3 Å². The second-order valence-corrected chi connectivity index (χ2v) is 5.35. The second kappa shape index (κ2) is 6.05. The number of hydrogen-bond donors (Lipinski definition) is 3. The van der Waals surface area contributed by atoms with Crippen molar-refractivity contribution in [2.24, 2.45) is 0 Å². The lowest BCUT2D eigenvalue weighted by Gasteiger charge is -2.26. The van der Waals surface area contributed by atoms with Crippen molar-refractivity contribution in [3.05, 3.63) is 29.8 Å². The predicted molar refractivity (Wildman–Crippen MR) is 77.1 cm³/mol. The fourth-order valence-corrected chi connectivity index (χ4v) is 2.70. The number of carbonyl (C=O) groups is 3. The molecule has 2 aliphatic rings. The molecule has 7 heteroatoms. The van der Waals surface area contributed by atoms with E-state index in [1.807, 2.05) is 24.3 Å². The van der Waals surface area contributed by atoms with Crippen molar-refractivity contribution in [2.75, 3.05) is 6.61 Å². The number of carbonyl (C=O) groups excluding carboxylic acids is 3. The third-order valence-electron chi connectivity index (χ3n) is 3.81. The molecule has 0 radical (unpaired) electrons. The standard InChI is InChI=1S/C15H17N3O4/c19-13(6-5-11-14(20)18-15(21)17-11)16-10-7-8-22-12-4-2-1-3-9(10)12/h1-4,10-11H,5-8H2,(H,16,19)(H2,17,18,20,21)/t10-,11+/m0/s1. The first-order chi connectivity index (χ1) is 10.6. The Labute approximate surface area is 127 Å². The highest BCUT2D eigenvalue weighted by atomic mass is 16.5. The average molecular weight is 303 g/mol. The van der Waals surface area contributed by atoms with Gasteiger partial charge in [-0.25, -0.2) is 4.79 Å². The summed E-state index contributed by atoms with van der Waals surface area (Å²) < 4.78 is 5.55.